The molecule has 30 heavy (non-hydrogen) atoms. The van der Waals surface area contributed by atoms with Crippen LogP contribution >= 0.6 is 11.8 Å². The zero-order valence-electron chi connectivity index (χ0n) is 17.2. The molecule has 4 rings (SSSR count). The van der Waals surface area contributed by atoms with Gasteiger partial charge in [-0.3, -0.25) is 14.5 Å². The number of fused-ring (bicyclic) bond motifs is 1. The SMILES string of the molecule is CC1CCCC(C)N1C(=O)CN1C(=O)/C(=C/c2ccccc2F)Sc2ccccc21. The van der Waals surface area contributed by atoms with Crippen molar-refractivity contribution >= 4 is 35.3 Å². The molecule has 0 N–H and O–H groups in total. The van der Waals surface area contributed by atoms with Gasteiger partial charge in [0.2, 0.25) is 5.91 Å². The van der Waals surface area contributed by atoms with Crippen LogP contribution in [0.25, 0.3) is 6.08 Å². The van der Waals surface area contributed by atoms with Gasteiger partial charge in [-0.05, 0) is 57.4 Å². The highest BCUT2D eigenvalue weighted by atomic mass is 32.2. The average Bonchev–Trinajstić information content (AvgIpc) is 2.72. The summed E-state index contributed by atoms with van der Waals surface area (Å²) in [5.74, 6) is -0.696. The Bertz CT molecular complexity index is 996. The smallest absolute Gasteiger partial charge is 0.265 e. The number of rotatable bonds is 3. The molecule has 2 heterocycles. The Morgan fingerprint density at radius 3 is 2.50 bits per heavy atom. The quantitative estimate of drug-likeness (QED) is 0.644. The standard InChI is InChI=1S/C24H25FN2O2S/c1-16-8-7-9-17(2)27(16)23(28)15-26-20-12-5-6-13-21(20)30-22(24(26)29)14-18-10-3-4-11-19(18)25/h3-6,10-14,16-17H,7-9,15H2,1-2H3/b22-14-. The molecule has 2 atom stereocenters. The molecule has 0 spiro atoms. The normalized spacial score (nSPS) is 22.9. The Labute approximate surface area is 180 Å². The lowest BCUT2D eigenvalue weighted by Gasteiger charge is -2.40. The summed E-state index contributed by atoms with van der Waals surface area (Å²) in [6.07, 6.45) is 4.65. The van der Waals surface area contributed by atoms with Crippen molar-refractivity contribution in [1.82, 2.24) is 4.90 Å². The highest BCUT2D eigenvalue weighted by Gasteiger charge is 2.35. The van der Waals surface area contributed by atoms with Crippen LogP contribution in [-0.4, -0.2) is 35.3 Å². The number of anilines is 1. The molecule has 156 valence electrons. The van der Waals surface area contributed by atoms with Crippen LogP contribution < -0.4 is 4.90 Å². The van der Waals surface area contributed by atoms with Gasteiger partial charge in [0.15, 0.2) is 0 Å². The molecule has 0 radical (unpaired) electrons. The fourth-order valence-electron chi connectivity index (χ4n) is 4.28. The number of carbonyl (C=O) groups excluding carboxylic acids is 2. The summed E-state index contributed by atoms with van der Waals surface area (Å²) in [7, 11) is 0. The number of carbonyl (C=O) groups is 2. The zero-order chi connectivity index (χ0) is 21.3. The van der Waals surface area contributed by atoms with E-state index < -0.39 is 0 Å². The second-order valence-corrected chi connectivity index (χ2v) is 9.00. The predicted octanol–water partition coefficient (Wildman–Crippen LogP) is 5.10. The summed E-state index contributed by atoms with van der Waals surface area (Å²) >= 11 is 1.31. The largest absolute Gasteiger partial charge is 0.336 e. The van der Waals surface area contributed by atoms with Crippen LogP contribution in [0.5, 0.6) is 0 Å². The van der Waals surface area contributed by atoms with Crippen LogP contribution in [0, 0.1) is 5.82 Å². The number of nitrogens with zero attached hydrogens (tertiary/aromatic N) is 2. The maximum atomic E-state index is 14.2. The van der Waals surface area contributed by atoms with E-state index in [1.54, 1.807) is 24.3 Å². The monoisotopic (exact) mass is 424 g/mol. The topological polar surface area (TPSA) is 40.6 Å². The summed E-state index contributed by atoms with van der Waals surface area (Å²) in [4.78, 5) is 31.3. The molecule has 0 saturated carbocycles. The van der Waals surface area contributed by atoms with Crippen molar-refractivity contribution in [1.29, 1.82) is 0 Å². The molecule has 2 aliphatic rings. The van der Waals surface area contributed by atoms with Gasteiger partial charge >= 0.3 is 0 Å². The van der Waals surface area contributed by atoms with Crippen molar-refractivity contribution in [2.45, 2.75) is 50.1 Å². The van der Waals surface area contributed by atoms with Gasteiger partial charge < -0.3 is 4.90 Å². The molecule has 2 unspecified atom stereocenters. The van der Waals surface area contributed by atoms with Crippen molar-refractivity contribution in [2.75, 3.05) is 11.4 Å². The van der Waals surface area contributed by atoms with Gasteiger partial charge in [-0.25, -0.2) is 4.39 Å². The molecule has 1 saturated heterocycles. The number of benzene rings is 2. The third kappa shape index (κ3) is 4.01. The van der Waals surface area contributed by atoms with Crippen LogP contribution in [0.15, 0.2) is 58.3 Å². The van der Waals surface area contributed by atoms with Gasteiger partial charge in [-0.1, -0.05) is 42.1 Å². The van der Waals surface area contributed by atoms with Gasteiger partial charge in [0, 0.05) is 22.5 Å². The Hall–Kier alpha value is -2.60. The Kier molecular flexibility index (Phi) is 5.95. The van der Waals surface area contributed by atoms with Gasteiger partial charge in [-0.2, -0.15) is 0 Å². The van der Waals surface area contributed by atoms with E-state index in [9.17, 15) is 14.0 Å². The molecule has 0 aromatic heterocycles. The molecule has 4 nitrogen and oxygen atoms in total. The van der Waals surface area contributed by atoms with Crippen molar-refractivity contribution < 1.29 is 14.0 Å². The maximum absolute atomic E-state index is 14.2. The summed E-state index contributed by atoms with van der Waals surface area (Å²) in [6.45, 7) is 4.12. The van der Waals surface area contributed by atoms with Crippen molar-refractivity contribution in [3.63, 3.8) is 0 Å². The minimum atomic E-state index is -0.379. The molecule has 2 aliphatic heterocycles. The molecule has 2 aromatic rings. The fraction of sp³-hybridized carbons (Fsp3) is 0.333. The van der Waals surface area contributed by atoms with Crippen molar-refractivity contribution in [3.05, 3.63) is 64.8 Å². The van der Waals surface area contributed by atoms with E-state index in [1.807, 2.05) is 29.2 Å². The summed E-state index contributed by atoms with van der Waals surface area (Å²) in [5.41, 5.74) is 1.08. The van der Waals surface area contributed by atoms with Crippen LogP contribution in [0.3, 0.4) is 0 Å². The third-order valence-electron chi connectivity index (χ3n) is 5.80. The molecule has 0 aliphatic carbocycles. The molecular weight excluding hydrogens is 399 g/mol. The summed E-state index contributed by atoms with van der Waals surface area (Å²) in [5, 5.41) is 0. The lowest BCUT2D eigenvalue weighted by atomic mass is 9.97. The molecule has 1 fully saturated rings. The van der Waals surface area contributed by atoms with E-state index in [2.05, 4.69) is 13.8 Å². The number of piperidine rings is 1. The van der Waals surface area contributed by atoms with Gasteiger partial charge in [0.05, 0.1) is 10.6 Å². The number of likely N-dealkylation sites (tertiary alicyclic amines) is 1. The second kappa shape index (κ2) is 8.64. The van der Waals surface area contributed by atoms with Gasteiger partial charge in [0.1, 0.15) is 12.4 Å². The first-order valence-electron chi connectivity index (χ1n) is 10.3. The third-order valence-corrected chi connectivity index (χ3v) is 6.88. The lowest BCUT2D eigenvalue weighted by molar-refractivity contribution is -0.136. The summed E-state index contributed by atoms with van der Waals surface area (Å²) < 4.78 is 14.2. The maximum Gasteiger partial charge on any atom is 0.265 e. The highest BCUT2D eigenvalue weighted by Crippen LogP contribution is 2.42. The molecule has 0 bridgehead atoms. The van der Waals surface area contributed by atoms with E-state index in [-0.39, 0.29) is 36.3 Å². The van der Waals surface area contributed by atoms with Crippen LogP contribution in [0.1, 0.15) is 38.7 Å². The lowest BCUT2D eigenvalue weighted by Crippen LogP contribution is -2.52. The predicted molar refractivity (Wildman–Crippen MR) is 119 cm³/mol. The Morgan fingerprint density at radius 2 is 1.77 bits per heavy atom. The first kappa shape index (κ1) is 20.7. The van der Waals surface area contributed by atoms with E-state index in [0.717, 1.165) is 29.8 Å². The Morgan fingerprint density at radius 1 is 1.10 bits per heavy atom. The van der Waals surface area contributed by atoms with Crippen LogP contribution in [-0.2, 0) is 9.59 Å². The van der Waals surface area contributed by atoms with E-state index in [4.69, 9.17) is 0 Å². The van der Waals surface area contributed by atoms with Crippen LogP contribution in [0.4, 0.5) is 10.1 Å². The minimum Gasteiger partial charge on any atom is -0.336 e. The highest BCUT2D eigenvalue weighted by molar-refractivity contribution is 8.04. The Balaban J connectivity index is 1.67. The second-order valence-electron chi connectivity index (χ2n) is 7.92. The van der Waals surface area contributed by atoms with Gasteiger partial charge in [-0.15, -0.1) is 0 Å². The first-order valence-corrected chi connectivity index (χ1v) is 11.1. The van der Waals surface area contributed by atoms with E-state index >= 15 is 0 Å². The van der Waals surface area contributed by atoms with Crippen LogP contribution in [0.2, 0.25) is 0 Å². The molecular formula is C24H25FN2O2S. The van der Waals surface area contributed by atoms with E-state index in [0.29, 0.717) is 10.5 Å². The van der Waals surface area contributed by atoms with Crippen molar-refractivity contribution in [3.8, 4) is 0 Å². The zero-order valence-corrected chi connectivity index (χ0v) is 18.0. The molecule has 2 amide bonds. The van der Waals surface area contributed by atoms with Gasteiger partial charge in [0.25, 0.3) is 5.91 Å². The fourth-order valence-corrected chi connectivity index (χ4v) is 5.33. The van der Waals surface area contributed by atoms with E-state index in [1.165, 1.54) is 22.7 Å². The minimum absolute atomic E-state index is 0.0142. The number of hydrogen-bond donors (Lipinski definition) is 0. The average molecular weight is 425 g/mol. The first-order chi connectivity index (χ1) is 14.5. The molecule has 6 heteroatoms. The molecule has 2 aromatic carbocycles. The number of amides is 2. The number of halogens is 1. The number of hydrogen-bond acceptors (Lipinski definition) is 3. The van der Waals surface area contributed by atoms with Crippen molar-refractivity contribution in [2.24, 2.45) is 0 Å². The number of para-hydroxylation sites is 1. The summed E-state index contributed by atoms with van der Waals surface area (Å²) in [6, 6.07) is 14.2. The number of thioether (sulfide) groups is 1.